The van der Waals surface area contributed by atoms with Crippen molar-refractivity contribution in [2.45, 2.75) is 61.7 Å². The van der Waals surface area contributed by atoms with E-state index in [4.69, 9.17) is 0 Å². The van der Waals surface area contributed by atoms with Crippen molar-refractivity contribution >= 4 is 17.5 Å². The summed E-state index contributed by atoms with van der Waals surface area (Å²) in [5.74, 6) is 0.121. The molecule has 1 N–H and O–H groups in total. The fourth-order valence-electron chi connectivity index (χ4n) is 2.83. The minimum Gasteiger partial charge on any atom is -0.392 e. The lowest BCUT2D eigenvalue weighted by Gasteiger charge is -2.17. The monoisotopic (exact) mass is 292 g/mol. The summed E-state index contributed by atoms with van der Waals surface area (Å²) in [5.41, 5.74) is 0. The number of carbonyl (C=O) groups is 1. The third-order valence-electron chi connectivity index (χ3n) is 3.97. The largest absolute Gasteiger partial charge is 0.392 e. The van der Waals surface area contributed by atoms with E-state index in [-0.39, 0.29) is 11.7 Å². The average molecular weight is 292 g/mol. The van der Waals surface area contributed by atoms with Crippen molar-refractivity contribution in [1.82, 2.24) is 0 Å². The first kappa shape index (κ1) is 15.6. The summed E-state index contributed by atoms with van der Waals surface area (Å²) >= 11 is 1.77. The second kappa shape index (κ2) is 7.84. The summed E-state index contributed by atoms with van der Waals surface area (Å²) in [6.07, 6.45) is 5.08. The third-order valence-corrected chi connectivity index (χ3v) is 5.21. The molecule has 0 heterocycles. The van der Waals surface area contributed by atoms with Crippen LogP contribution in [0.1, 0.15) is 45.4 Å². The van der Waals surface area contributed by atoms with Gasteiger partial charge in [-0.1, -0.05) is 44.4 Å². The van der Waals surface area contributed by atoms with E-state index >= 15 is 0 Å². The fraction of sp³-hybridized carbons (Fsp3) is 0.588. The van der Waals surface area contributed by atoms with Crippen molar-refractivity contribution in [1.29, 1.82) is 0 Å². The number of hydrogen-bond acceptors (Lipinski definition) is 3. The van der Waals surface area contributed by atoms with Gasteiger partial charge in [-0.15, -0.1) is 11.8 Å². The number of unbranched alkanes of at least 4 members (excludes halogenated alkanes) is 2. The quantitative estimate of drug-likeness (QED) is 0.770. The summed E-state index contributed by atoms with van der Waals surface area (Å²) in [7, 11) is 0. The van der Waals surface area contributed by atoms with Crippen LogP contribution in [0.25, 0.3) is 0 Å². The fourth-order valence-corrected chi connectivity index (χ4v) is 4.08. The van der Waals surface area contributed by atoms with Crippen LogP contribution in [-0.2, 0) is 4.79 Å². The highest BCUT2D eigenvalue weighted by atomic mass is 32.2. The van der Waals surface area contributed by atoms with Crippen LogP contribution in [-0.4, -0.2) is 22.2 Å². The van der Waals surface area contributed by atoms with Crippen molar-refractivity contribution in [2.75, 3.05) is 0 Å². The molecule has 1 fully saturated rings. The molecule has 110 valence electrons. The molecule has 0 bridgehead atoms. The first-order valence-electron chi connectivity index (χ1n) is 7.63. The summed E-state index contributed by atoms with van der Waals surface area (Å²) in [6.45, 7) is 2.15. The van der Waals surface area contributed by atoms with Gasteiger partial charge >= 0.3 is 0 Å². The van der Waals surface area contributed by atoms with Crippen LogP contribution >= 0.6 is 11.8 Å². The SMILES string of the molecule is CCCCCC(O)C1CC(Sc2ccccc2)CC1=O. The summed E-state index contributed by atoms with van der Waals surface area (Å²) in [6, 6.07) is 10.2. The van der Waals surface area contributed by atoms with Gasteiger partial charge in [-0.05, 0) is 25.0 Å². The van der Waals surface area contributed by atoms with Crippen molar-refractivity contribution in [3.8, 4) is 0 Å². The number of aliphatic hydroxyl groups excluding tert-OH is 1. The summed E-state index contributed by atoms with van der Waals surface area (Å²) in [4.78, 5) is 13.3. The molecule has 0 saturated heterocycles. The zero-order valence-electron chi connectivity index (χ0n) is 12.1. The van der Waals surface area contributed by atoms with Gasteiger partial charge in [-0.25, -0.2) is 0 Å². The van der Waals surface area contributed by atoms with Crippen LogP contribution in [0.4, 0.5) is 0 Å². The highest BCUT2D eigenvalue weighted by molar-refractivity contribution is 8.00. The number of carbonyl (C=O) groups excluding carboxylic acids is 1. The second-order valence-corrected chi connectivity index (χ2v) is 7.00. The molecule has 0 amide bonds. The zero-order valence-corrected chi connectivity index (χ0v) is 12.9. The van der Waals surface area contributed by atoms with Gasteiger partial charge in [0, 0.05) is 22.5 Å². The van der Waals surface area contributed by atoms with Gasteiger partial charge < -0.3 is 5.11 Å². The van der Waals surface area contributed by atoms with Crippen LogP contribution < -0.4 is 0 Å². The van der Waals surface area contributed by atoms with E-state index in [0.717, 1.165) is 32.1 Å². The molecular weight excluding hydrogens is 268 g/mol. The van der Waals surface area contributed by atoms with Gasteiger partial charge in [0.25, 0.3) is 0 Å². The Balaban J connectivity index is 1.84. The Morgan fingerprint density at radius 1 is 1.30 bits per heavy atom. The number of benzene rings is 1. The van der Waals surface area contributed by atoms with Crippen LogP contribution in [0.5, 0.6) is 0 Å². The predicted octanol–water partition coefficient (Wildman–Crippen LogP) is 4.07. The van der Waals surface area contributed by atoms with Crippen molar-refractivity contribution in [3.63, 3.8) is 0 Å². The Morgan fingerprint density at radius 2 is 2.05 bits per heavy atom. The molecule has 3 heteroatoms. The van der Waals surface area contributed by atoms with Crippen LogP contribution in [0.2, 0.25) is 0 Å². The maximum Gasteiger partial charge on any atom is 0.139 e. The number of rotatable bonds is 7. The van der Waals surface area contributed by atoms with Crippen LogP contribution in [0.3, 0.4) is 0 Å². The van der Waals surface area contributed by atoms with E-state index < -0.39 is 6.10 Å². The molecule has 1 aliphatic carbocycles. The zero-order chi connectivity index (χ0) is 14.4. The molecule has 3 atom stereocenters. The Kier molecular flexibility index (Phi) is 6.11. The molecular formula is C17H24O2S. The molecule has 1 aromatic carbocycles. The van der Waals surface area contributed by atoms with Crippen molar-refractivity contribution < 1.29 is 9.90 Å². The maximum absolute atomic E-state index is 12.1. The third kappa shape index (κ3) is 4.35. The minimum atomic E-state index is -0.435. The highest BCUT2D eigenvalue weighted by Gasteiger charge is 2.37. The number of thioether (sulfide) groups is 1. The molecule has 20 heavy (non-hydrogen) atoms. The van der Waals surface area contributed by atoms with Gasteiger partial charge in [0.2, 0.25) is 0 Å². The standard InChI is InChI=1S/C17H24O2S/c1-2-3-5-10-16(18)15-11-14(12-17(15)19)20-13-8-6-4-7-9-13/h4,6-9,14-16,18H,2-3,5,10-12H2,1H3. The van der Waals surface area contributed by atoms with Gasteiger partial charge in [0.05, 0.1) is 6.10 Å². The second-order valence-electron chi connectivity index (χ2n) is 5.63. The van der Waals surface area contributed by atoms with E-state index in [1.807, 2.05) is 18.2 Å². The van der Waals surface area contributed by atoms with E-state index in [1.54, 1.807) is 11.8 Å². The summed E-state index contributed by atoms with van der Waals surface area (Å²) < 4.78 is 0. The molecule has 0 aromatic heterocycles. The predicted molar refractivity (Wildman–Crippen MR) is 84.0 cm³/mol. The molecule has 0 radical (unpaired) electrons. The Morgan fingerprint density at radius 3 is 2.75 bits per heavy atom. The number of aliphatic hydroxyl groups is 1. The first-order valence-corrected chi connectivity index (χ1v) is 8.51. The van der Waals surface area contributed by atoms with Crippen LogP contribution in [0.15, 0.2) is 35.2 Å². The Labute approximate surface area is 126 Å². The Hall–Kier alpha value is -0.800. The number of Topliss-reactive ketones (excluding diaryl/α,β-unsaturated/α-hetero) is 1. The normalized spacial score (nSPS) is 24.0. The van der Waals surface area contributed by atoms with E-state index in [0.29, 0.717) is 11.7 Å². The molecule has 2 nitrogen and oxygen atoms in total. The molecule has 1 aliphatic rings. The van der Waals surface area contributed by atoms with Crippen molar-refractivity contribution in [3.05, 3.63) is 30.3 Å². The Bertz CT molecular complexity index is 418. The van der Waals surface area contributed by atoms with Crippen molar-refractivity contribution in [2.24, 2.45) is 5.92 Å². The number of hydrogen-bond donors (Lipinski definition) is 1. The molecule has 0 aliphatic heterocycles. The lowest BCUT2D eigenvalue weighted by atomic mass is 9.95. The van der Waals surface area contributed by atoms with Gasteiger partial charge in [-0.3, -0.25) is 4.79 Å². The smallest absolute Gasteiger partial charge is 0.139 e. The minimum absolute atomic E-state index is 0.131. The van der Waals surface area contributed by atoms with Crippen LogP contribution in [0, 0.1) is 5.92 Å². The van der Waals surface area contributed by atoms with E-state index in [2.05, 4.69) is 19.1 Å². The van der Waals surface area contributed by atoms with Gasteiger partial charge in [-0.2, -0.15) is 0 Å². The van der Waals surface area contributed by atoms with Gasteiger partial charge in [0.15, 0.2) is 0 Å². The topological polar surface area (TPSA) is 37.3 Å². The lowest BCUT2D eigenvalue weighted by molar-refractivity contribution is -0.123. The number of ketones is 1. The highest BCUT2D eigenvalue weighted by Crippen LogP contribution is 2.38. The first-order chi connectivity index (χ1) is 9.70. The van der Waals surface area contributed by atoms with E-state index in [9.17, 15) is 9.90 Å². The molecule has 1 aromatic rings. The van der Waals surface area contributed by atoms with E-state index in [1.165, 1.54) is 4.90 Å². The average Bonchev–Trinajstić information content (AvgIpc) is 2.81. The van der Waals surface area contributed by atoms with Gasteiger partial charge in [0.1, 0.15) is 5.78 Å². The lowest BCUT2D eigenvalue weighted by Crippen LogP contribution is -2.23. The molecule has 1 saturated carbocycles. The maximum atomic E-state index is 12.1. The summed E-state index contributed by atoms with van der Waals surface area (Å²) in [5, 5.41) is 10.5. The molecule has 3 unspecified atom stereocenters. The molecule has 2 rings (SSSR count). The molecule has 0 spiro atoms.